The average Bonchev–Trinajstić information content (AvgIpc) is 2.93. The number of fused-ring (bicyclic) bond motifs is 1. The average molecular weight is 471 g/mol. The fourth-order valence-electron chi connectivity index (χ4n) is 5.20. The molecule has 0 unspecified atom stereocenters. The zero-order chi connectivity index (χ0) is 25.0. The van der Waals surface area contributed by atoms with Crippen LogP contribution in [0.1, 0.15) is 80.3 Å². The summed E-state index contributed by atoms with van der Waals surface area (Å²) in [4.78, 5) is 2.59. The third-order valence-corrected chi connectivity index (χ3v) is 7.25. The van der Waals surface area contributed by atoms with E-state index >= 15 is 0 Å². The number of benzene rings is 3. The standard InChI is InChI=1S/C31H40N2.C2H6/c1-4-24-15-18-30(29-17-16-27-9-7-8-10-28(27)22-29)31(21-24)33(6-3)23-26-13-11-25(12-14-26)19-20-32-5-2;1-2/h7-15,18,21,29,32H,4-6,16-17,19-20,22-23H2,1-3H3;1-2H3/t29-;/m1./s1. The third-order valence-electron chi connectivity index (χ3n) is 7.25. The summed E-state index contributed by atoms with van der Waals surface area (Å²) in [5.41, 5.74) is 10.3. The van der Waals surface area contributed by atoms with Crippen LogP contribution in [-0.2, 0) is 32.2 Å². The van der Waals surface area contributed by atoms with Gasteiger partial charge in [0.25, 0.3) is 0 Å². The van der Waals surface area contributed by atoms with Crippen molar-refractivity contribution in [3.8, 4) is 0 Å². The molecule has 4 rings (SSSR count). The molecule has 0 bridgehead atoms. The van der Waals surface area contributed by atoms with Crippen LogP contribution in [-0.4, -0.2) is 19.6 Å². The molecule has 0 saturated heterocycles. The Bertz CT molecular complexity index is 1020. The number of nitrogens with one attached hydrogen (secondary N) is 1. The molecule has 3 aromatic carbocycles. The molecule has 0 heterocycles. The second-order valence-electron chi connectivity index (χ2n) is 9.39. The van der Waals surface area contributed by atoms with E-state index in [1.807, 2.05) is 13.8 Å². The fraction of sp³-hybridized carbons (Fsp3) is 0.455. The van der Waals surface area contributed by atoms with Gasteiger partial charge in [-0.3, -0.25) is 0 Å². The molecular formula is C33H46N2. The lowest BCUT2D eigenvalue weighted by Gasteiger charge is -2.32. The van der Waals surface area contributed by atoms with E-state index in [0.717, 1.165) is 45.4 Å². The van der Waals surface area contributed by atoms with Gasteiger partial charge in [-0.1, -0.05) is 88.4 Å². The van der Waals surface area contributed by atoms with E-state index in [2.05, 4.69) is 97.7 Å². The SMILES string of the molecule is CC.CCNCCc1ccc(CN(CC)c2cc(CC)ccc2[C@@H]2CCc3ccccc3C2)cc1. The van der Waals surface area contributed by atoms with E-state index in [1.165, 1.54) is 46.3 Å². The fourth-order valence-corrected chi connectivity index (χ4v) is 5.20. The molecular weight excluding hydrogens is 424 g/mol. The molecule has 0 radical (unpaired) electrons. The van der Waals surface area contributed by atoms with Gasteiger partial charge < -0.3 is 10.2 Å². The minimum Gasteiger partial charge on any atom is -0.367 e. The molecule has 0 fully saturated rings. The summed E-state index contributed by atoms with van der Waals surface area (Å²) in [5, 5.41) is 3.42. The summed E-state index contributed by atoms with van der Waals surface area (Å²) in [6, 6.07) is 25.5. The maximum absolute atomic E-state index is 3.42. The Morgan fingerprint density at radius 1 is 0.829 bits per heavy atom. The first-order valence-corrected chi connectivity index (χ1v) is 13.9. The van der Waals surface area contributed by atoms with Gasteiger partial charge in [-0.25, -0.2) is 0 Å². The summed E-state index contributed by atoms with van der Waals surface area (Å²) in [6.07, 6.45) is 5.77. The monoisotopic (exact) mass is 470 g/mol. The third kappa shape index (κ3) is 7.21. The van der Waals surface area contributed by atoms with Gasteiger partial charge in [-0.2, -0.15) is 0 Å². The van der Waals surface area contributed by atoms with Gasteiger partial charge in [0.05, 0.1) is 0 Å². The lowest BCUT2D eigenvalue weighted by atomic mass is 9.79. The quantitative estimate of drug-likeness (QED) is 0.305. The number of likely N-dealkylation sites (N-methyl/N-ethyl adjacent to an activating group) is 1. The van der Waals surface area contributed by atoms with Crippen molar-refractivity contribution in [3.05, 3.63) is 100 Å². The van der Waals surface area contributed by atoms with Gasteiger partial charge >= 0.3 is 0 Å². The van der Waals surface area contributed by atoms with E-state index in [0.29, 0.717) is 5.92 Å². The Kier molecular flexibility index (Phi) is 10.9. The Morgan fingerprint density at radius 2 is 1.51 bits per heavy atom. The van der Waals surface area contributed by atoms with Gasteiger partial charge in [0, 0.05) is 18.8 Å². The number of rotatable bonds is 10. The van der Waals surface area contributed by atoms with Gasteiger partial charge in [0.1, 0.15) is 0 Å². The predicted octanol–water partition coefficient (Wildman–Crippen LogP) is 7.73. The second kappa shape index (κ2) is 14.1. The summed E-state index contributed by atoms with van der Waals surface area (Å²) >= 11 is 0. The van der Waals surface area contributed by atoms with Crippen molar-refractivity contribution in [2.75, 3.05) is 24.5 Å². The zero-order valence-electron chi connectivity index (χ0n) is 22.7. The largest absolute Gasteiger partial charge is 0.367 e. The van der Waals surface area contributed by atoms with Crippen molar-refractivity contribution >= 4 is 5.69 Å². The molecule has 188 valence electrons. The minimum absolute atomic E-state index is 0.600. The highest BCUT2D eigenvalue weighted by atomic mass is 15.1. The molecule has 0 aliphatic heterocycles. The van der Waals surface area contributed by atoms with Crippen LogP contribution in [0.4, 0.5) is 5.69 Å². The van der Waals surface area contributed by atoms with Crippen LogP contribution in [0.2, 0.25) is 0 Å². The Balaban J connectivity index is 0.00000167. The van der Waals surface area contributed by atoms with Crippen molar-refractivity contribution in [2.24, 2.45) is 0 Å². The molecule has 3 aromatic rings. The molecule has 1 aliphatic carbocycles. The van der Waals surface area contributed by atoms with E-state index in [4.69, 9.17) is 0 Å². The molecule has 2 heteroatoms. The Morgan fingerprint density at radius 3 is 2.20 bits per heavy atom. The molecule has 0 saturated carbocycles. The number of anilines is 1. The molecule has 0 spiro atoms. The van der Waals surface area contributed by atoms with Crippen LogP contribution in [0.15, 0.2) is 66.7 Å². The summed E-state index contributed by atoms with van der Waals surface area (Å²) in [7, 11) is 0. The second-order valence-corrected chi connectivity index (χ2v) is 9.39. The summed E-state index contributed by atoms with van der Waals surface area (Å²) < 4.78 is 0. The number of aryl methyl sites for hydroxylation is 2. The topological polar surface area (TPSA) is 15.3 Å². The number of nitrogens with zero attached hydrogens (tertiary/aromatic N) is 1. The molecule has 35 heavy (non-hydrogen) atoms. The van der Waals surface area contributed by atoms with E-state index < -0.39 is 0 Å². The van der Waals surface area contributed by atoms with Crippen molar-refractivity contribution in [1.29, 1.82) is 0 Å². The van der Waals surface area contributed by atoms with Gasteiger partial charge in [-0.05, 0) is 97.5 Å². The van der Waals surface area contributed by atoms with Crippen molar-refractivity contribution in [1.82, 2.24) is 5.32 Å². The molecule has 1 N–H and O–H groups in total. The van der Waals surface area contributed by atoms with Crippen LogP contribution >= 0.6 is 0 Å². The highest BCUT2D eigenvalue weighted by Crippen LogP contribution is 2.38. The molecule has 1 atom stereocenters. The number of hydrogen-bond acceptors (Lipinski definition) is 2. The number of hydrogen-bond donors (Lipinski definition) is 1. The summed E-state index contributed by atoms with van der Waals surface area (Å²) in [6.45, 7) is 14.8. The molecule has 0 aromatic heterocycles. The van der Waals surface area contributed by atoms with Crippen molar-refractivity contribution in [2.45, 2.75) is 79.2 Å². The van der Waals surface area contributed by atoms with E-state index in [1.54, 1.807) is 5.56 Å². The van der Waals surface area contributed by atoms with Crippen LogP contribution in [0.25, 0.3) is 0 Å². The van der Waals surface area contributed by atoms with Crippen LogP contribution in [0, 0.1) is 0 Å². The highest BCUT2D eigenvalue weighted by molar-refractivity contribution is 5.58. The van der Waals surface area contributed by atoms with E-state index in [-0.39, 0.29) is 0 Å². The lowest BCUT2D eigenvalue weighted by Crippen LogP contribution is -2.25. The normalized spacial score (nSPS) is 14.6. The summed E-state index contributed by atoms with van der Waals surface area (Å²) in [5.74, 6) is 0.600. The maximum Gasteiger partial charge on any atom is 0.0429 e. The predicted molar refractivity (Wildman–Crippen MR) is 154 cm³/mol. The molecule has 1 aliphatic rings. The first-order valence-electron chi connectivity index (χ1n) is 13.9. The highest BCUT2D eigenvalue weighted by Gasteiger charge is 2.24. The first kappa shape index (κ1) is 27.0. The van der Waals surface area contributed by atoms with E-state index in [9.17, 15) is 0 Å². The first-order chi connectivity index (χ1) is 17.2. The zero-order valence-corrected chi connectivity index (χ0v) is 22.7. The Labute approximate surface area is 214 Å². The van der Waals surface area contributed by atoms with Crippen LogP contribution < -0.4 is 10.2 Å². The smallest absolute Gasteiger partial charge is 0.0429 e. The maximum atomic E-state index is 3.42. The van der Waals surface area contributed by atoms with Gasteiger partial charge in [0.15, 0.2) is 0 Å². The Hall–Kier alpha value is -2.58. The minimum atomic E-state index is 0.600. The molecule has 0 amide bonds. The van der Waals surface area contributed by atoms with Gasteiger partial charge in [-0.15, -0.1) is 0 Å². The van der Waals surface area contributed by atoms with Gasteiger partial charge in [0.2, 0.25) is 0 Å². The van der Waals surface area contributed by atoms with Crippen LogP contribution in [0.5, 0.6) is 0 Å². The van der Waals surface area contributed by atoms with Crippen LogP contribution in [0.3, 0.4) is 0 Å². The lowest BCUT2D eigenvalue weighted by molar-refractivity contribution is 0.582. The van der Waals surface area contributed by atoms with Crippen molar-refractivity contribution < 1.29 is 0 Å². The molecule has 2 nitrogen and oxygen atoms in total. The van der Waals surface area contributed by atoms with Crippen molar-refractivity contribution in [3.63, 3.8) is 0 Å².